The first-order valence-electron chi connectivity index (χ1n) is 5.95. The van der Waals surface area contributed by atoms with Crippen molar-refractivity contribution in [2.45, 2.75) is 31.8 Å². The Balaban J connectivity index is 2.02. The van der Waals surface area contributed by atoms with E-state index in [-0.39, 0.29) is 5.54 Å². The van der Waals surface area contributed by atoms with Gasteiger partial charge in [0.25, 0.3) is 0 Å². The molecule has 1 heterocycles. The third-order valence-electron chi connectivity index (χ3n) is 3.95. The number of rotatable bonds is 4. The maximum absolute atomic E-state index is 5.93. The largest absolute Gasteiger partial charge is 0.337 e. The Morgan fingerprint density at radius 2 is 2.31 bits per heavy atom. The highest BCUT2D eigenvalue weighted by atomic mass is 15.2. The molecular weight excluding hydrogens is 200 g/mol. The van der Waals surface area contributed by atoms with Crippen LogP contribution in [0.25, 0.3) is 0 Å². The lowest BCUT2D eigenvalue weighted by atomic mass is 9.68. The van der Waals surface area contributed by atoms with Crippen LogP contribution in [0.1, 0.15) is 25.6 Å². The van der Waals surface area contributed by atoms with Gasteiger partial charge in [-0.1, -0.05) is 6.92 Å². The van der Waals surface area contributed by atoms with Crippen LogP contribution < -0.4 is 5.73 Å². The van der Waals surface area contributed by atoms with Crippen LogP contribution in [0.15, 0.2) is 12.4 Å². The van der Waals surface area contributed by atoms with Crippen LogP contribution in [-0.2, 0) is 13.6 Å². The maximum atomic E-state index is 5.93. The summed E-state index contributed by atoms with van der Waals surface area (Å²) in [5.74, 6) is 1.92. The molecule has 0 aliphatic heterocycles. The lowest BCUT2D eigenvalue weighted by Gasteiger charge is -2.51. The van der Waals surface area contributed by atoms with Gasteiger partial charge < -0.3 is 10.3 Å². The lowest BCUT2D eigenvalue weighted by Crippen LogP contribution is -2.59. The molecule has 0 atom stereocenters. The first-order chi connectivity index (χ1) is 7.57. The van der Waals surface area contributed by atoms with E-state index in [9.17, 15) is 0 Å². The molecule has 16 heavy (non-hydrogen) atoms. The summed E-state index contributed by atoms with van der Waals surface area (Å²) in [4.78, 5) is 6.73. The molecule has 1 aliphatic rings. The molecule has 0 saturated heterocycles. The fraction of sp³-hybridized carbons (Fsp3) is 0.750. The molecular formula is C12H22N4. The van der Waals surface area contributed by atoms with E-state index in [0.29, 0.717) is 0 Å². The van der Waals surface area contributed by atoms with Gasteiger partial charge >= 0.3 is 0 Å². The summed E-state index contributed by atoms with van der Waals surface area (Å²) in [6.07, 6.45) is 6.26. The van der Waals surface area contributed by atoms with Crippen LogP contribution in [0.3, 0.4) is 0 Å². The summed E-state index contributed by atoms with van der Waals surface area (Å²) in [5.41, 5.74) is 6.14. The molecule has 4 nitrogen and oxygen atoms in total. The maximum Gasteiger partial charge on any atom is 0.122 e. The SMILES string of the molecule is CC1CC(CN)(N(C)Cc2nccn2C)C1. The van der Waals surface area contributed by atoms with E-state index >= 15 is 0 Å². The predicted molar refractivity (Wildman–Crippen MR) is 64.9 cm³/mol. The normalized spacial score (nSPS) is 29.4. The monoisotopic (exact) mass is 222 g/mol. The summed E-state index contributed by atoms with van der Waals surface area (Å²) in [5, 5.41) is 0. The van der Waals surface area contributed by atoms with Gasteiger partial charge in [-0.15, -0.1) is 0 Å². The summed E-state index contributed by atoms with van der Waals surface area (Å²) < 4.78 is 2.07. The molecule has 1 fully saturated rings. The third-order valence-corrected chi connectivity index (χ3v) is 3.95. The first kappa shape index (κ1) is 11.6. The third kappa shape index (κ3) is 1.87. The second-order valence-corrected chi connectivity index (χ2v) is 5.25. The molecule has 1 aromatic heterocycles. The molecule has 4 heteroatoms. The number of imidazole rings is 1. The van der Waals surface area contributed by atoms with Crippen molar-refractivity contribution in [2.75, 3.05) is 13.6 Å². The average molecular weight is 222 g/mol. The fourth-order valence-corrected chi connectivity index (χ4v) is 2.80. The second kappa shape index (κ2) is 4.18. The van der Waals surface area contributed by atoms with E-state index in [1.807, 2.05) is 19.4 Å². The second-order valence-electron chi connectivity index (χ2n) is 5.25. The molecule has 0 radical (unpaired) electrons. The lowest BCUT2D eigenvalue weighted by molar-refractivity contribution is -0.00167. The molecule has 0 unspecified atom stereocenters. The quantitative estimate of drug-likeness (QED) is 0.826. The van der Waals surface area contributed by atoms with Crippen molar-refractivity contribution in [3.8, 4) is 0 Å². The van der Waals surface area contributed by atoms with Gasteiger partial charge in [0, 0.05) is 31.5 Å². The van der Waals surface area contributed by atoms with Gasteiger partial charge in [0.2, 0.25) is 0 Å². The van der Waals surface area contributed by atoms with Crippen LogP contribution in [0.4, 0.5) is 0 Å². The van der Waals surface area contributed by atoms with Crippen LogP contribution in [0.5, 0.6) is 0 Å². The van der Waals surface area contributed by atoms with Crippen molar-refractivity contribution in [1.29, 1.82) is 0 Å². The van der Waals surface area contributed by atoms with E-state index < -0.39 is 0 Å². The number of nitrogens with two attached hydrogens (primary N) is 1. The smallest absolute Gasteiger partial charge is 0.122 e. The van der Waals surface area contributed by atoms with Crippen molar-refractivity contribution in [3.63, 3.8) is 0 Å². The van der Waals surface area contributed by atoms with Crippen molar-refractivity contribution >= 4 is 0 Å². The minimum Gasteiger partial charge on any atom is -0.337 e. The Labute approximate surface area is 97.4 Å². The Hall–Kier alpha value is -0.870. The number of aryl methyl sites for hydroxylation is 1. The number of hydrogen-bond acceptors (Lipinski definition) is 3. The summed E-state index contributed by atoms with van der Waals surface area (Å²) in [6.45, 7) is 3.92. The van der Waals surface area contributed by atoms with E-state index in [1.54, 1.807) is 0 Å². The van der Waals surface area contributed by atoms with Gasteiger partial charge in [0.15, 0.2) is 0 Å². The number of aromatic nitrogens is 2. The molecule has 90 valence electrons. The van der Waals surface area contributed by atoms with Gasteiger partial charge in [-0.3, -0.25) is 4.90 Å². The highest BCUT2D eigenvalue weighted by Gasteiger charge is 2.44. The Morgan fingerprint density at radius 3 is 2.75 bits per heavy atom. The molecule has 2 N–H and O–H groups in total. The number of hydrogen-bond donors (Lipinski definition) is 1. The minimum absolute atomic E-state index is 0.214. The van der Waals surface area contributed by atoms with Gasteiger partial charge in [-0.25, -0.2) is 4.98 Å². The van der Waals surface area contributed by atoms with Gasteiger partial charge in [0.05, 0.1) is 6.54 Å². The zero-order valence-corrected chi connectivity index (χ0v) is 10.5. The van der Waals surface area contributed by atoms with Crippen LogP contribution in [-0.4, -0.2) is 33.6 Å². The number of nitrogens with zero attached hydrogens (tertiary/aromatic N) is 3. The molecule has 1 saturated carbocycles. The topological polar surface area (TPSA) is 47.1 Å². The van der Waals surface area contributed by atoms with Gasteiger partial charge in [-0.05, 0) is 25.8 Å². The summed E-state index contributed by atoms with van der Waals surface area (Å²) in [6, 6.07) is 0. The van der Waals surface area contributed by atoms with Crippen molar-refractivity contribution in [3.05, 3.63) is 18.2 Å². The Bertz CT molecular complexity index is 352. The Kier molecular flexibility index (Phi) is 3.04. The molecule has 2 rings (SSSR count). The fourth-order valence-electron chi connectivity index (χ4n) is 2.80. The predicted octanol–water partition coefficient (Wildman–Crippen LogP) is 0.979. The average Bonchev–Trinajstić information content (AvgIpc) is 2.59. The molecule has 1 aliphatic carbocycles. The standard InChI is InChI=1S/C12H22N4/c1-10-6-12(7-10,9-13)16(3)8-11-14-4-5-15(11)2/h4-5,10H,6-9,13H2,1-3H3. The highest BCUT2D eigenvalue weighted by Crippen LogP contribution is 2.41. The first-order valence-corrected chi connectivity index (χ1v) is 5.95. The van der Waals surface area contributed by atoms with Crippen LogP contribution >= 0.6 is 0 Å². The van der Waals surface area contributed by atoms with E-state index in [2.05, 4.69) is 28.4 Å². The van der Waals surface area contributed by atoms with Gasteiger partial charge in [-0.2, -0.15) is 0 Å². The highest BCUT2D eigenvalue weighted by molar-refractivity contribution is 5.03. The van der Waals surface area contributed by atoms with Crippen molar-refractivity contribution in [2.24, 2.45) is 18.7 Å². The molecule has 0 aromatic carbocycles. The molecule has 1 aromatic rings. The van der Waals surface area contributed by atoms with E-state index in [1.165, 1.54) is 12.8 Å². The van der Waals surface area contributed by atoms with Crippen LogP contribution in [0, 0.1) is 5.92 Å². The molecule has 0 amide bonds. The van der Waals surface area contributed by atoms with Crippen molar-refractivity contribution < 1.29 is 0 Å². The zero-order chi connectivity index (χ0) is 11.8. The molecule has 0 spiro atoms. The summed E-state index contributed by atoms with van der Waals surface area (Å²) >= 11 is 0. The zero-order valence-electron chi connectivity index (χ0n) is 10.5. The van der Waals surface area contributed by atoms with E-state index in [0.717, 1.165) is 24.8 Å². The summed E-state index contributed by atoms with van der Waals surface area (Å²) in [7, 11) is 4.20. The Morgan fingerprint density at radius 1 is 1.62 bits per heavy atom. The van der Waals surface area contributed by atoms with Gasteiger partial charge in [0.1, 0.15) is 5.82 Å². The minimum atomic E-state index is 0.214. The number of likely N-dealkylation sites (N-methyl/N-ethyl adjacent to an activating group) is 1. The molecule has 0 bridgehead atoms. The van der Waals surface area contributed by atoms with Crippen molar-refractivity contribution in [1.82, 2.24) is 14.5 Å². The van der Waals surface area contributed by atoms with Crippen LogP contribution in [0.2, 0.25) is 0 Å². The van der Waals surface area contributed by atoms with E-state index in [4.69, 9.17) is 5.73 Å².